The number of carbonyl (C=O) groups is 2. The van der Waals surface area contributed by atoms with Gasteiger partial charge < -0.3 is 10.2 Å². The van der Waals surface area contributed by atoms with Gasteiger partial charge in [0.05, 0.1) is 11.7 Å². The van der Waals surface area contributed by atoms with Crippen LogP contribution in [0.25, 0.3) is 5.65 Å². The van der Waals surface area contributed by atoms with Crippen molar-refractivity contribution >= 4 is 17.5 Å². The molecule has 0 aromatic carbocycles. The average molecular weight is 440 g/mol. The van der Waals surface area contributed by atoms with Crippen molar-refractivity contribution in [2.45, 2.75) is 91.0 Å². The van der Waals surface area contributed by atoms with Crippen molar-refractivity contribution in [3.05, 3.63) is 28.7 Å². The Bertz CT molecular complexity index is 976. The van der Waals surface area contributed by atoms with E-state index in [1.807, 2.05) is 11.4 Å². The van der Waals surface area contributed by atoms with Gasteiger partial charge in [0.15, 0.2) is 5.65 Å². The lowest BCUT2D eigenvalue weighted by atomic mass is 9.96. The topological polar surface area (TPSA) is 79.6 Å². The summed E-state index contributed by atoms with van der Waals surface area (Å²) in [4.78, 5) is 32.2. The van der Waals surface area contributed by atoms with Crippen LogP contribution in [0.4, 0.5) is 0 Å². The number of fused-ring (bicyclic) bond motifs is 1. The van der Waals surface area contributed by atoms with Gasteiger partial charge >= 0.3 is 0 Å². The molecule has 0 bridgehead atoms. The van der Waals surface area contributed by atoms with Gasteiger partial charge in [-0.25, -0.2) is 9.50 Å². The predicted octanol–water partition coefficient (Wildman–Crippen LogP) is 4.05. The highest BCUT2D eigenvalue weighted by Crippen LogP contribution is 2.35. The first-order valence-corrected chi connectivity index (χ1v) is 12.4. The van der Waals surface area contributed by atoms with Crippen molar-refractivity contribution in [2.75, 3.05) is 13.1 Å². The number of nitrogens with zero attached hydrogens (tertiary/aromatic N) is 4. The molecule has 1 aliphatic heterocycles. The molecule has 7 nitrogen and oxygen atoms in total. The third kappa shape index (κ3) is 4.66. The number of nitrogens with one attached hydrogen (secondary N) is 1. The smallest absolute Gasteiger partial charge is 0.226 e. The number of hydrogen-bond donors (Lipinski definition) is 1. The molecule has 4 rings (SSSR count). The molecule has 1 N–H and O–H groups in total. The van der Waals surface area contributed by atoms with Crippen molar-refractivity contribution in [3.63, 3.8) is 0 Å². The lowest BCUT2D eigenvalue weighted by Crippen LogP contribution is -2.41. The summed E-state index contributed by atoms with van der Waals surface area (Å²) in [5, 5.41) is 7.88. The maximum Gasteiger partial charge on any atom is 0.226 e. The second-order valence-corrected chi connectivity index (χ2v) is 9.47. The average Bonchev–Trinajstić information content (AvgIpc) is 3.47. The first-order chi connectivity index (χ1) is 15.5. The molecule has 2 amide bonds. The molecule has 2 aromatic rings. The SMILES string of the molecule is CCCNC(=O)CCc1c(C)nc2cc([C@@H]3CCCCN3C(=O)C3CCCC3)nn2c1C. The van der Waals surface area contributed by atoms with Crippen molar-refractivity contribution in [3.8, 4) is 0 Å². The van der Waals surface area contributed by atoms with Gasteiger partial charge in [-0.05, 0) is 64.4 Å². The van der Waals surface area contributed by atoms with Gasteiger partial charge in [0.2, 0.25) is 11.8 Å². The van der Waals surface area contributed by atoms with Gasteiger partial charge in [-0.3, -0.25) is 9.59 Å². The van der Waals surface area contributed by atoms with Crippen LogP contribution in [-0.4, -0.2) is 44.4 Å². The lowest BCUT2D eigenvalue weighted by molar-refractivity contribution is -0.139. The molecule has 1 aliphatic carbocycles. The van der Waals surface area contributed by atoms with Crippen LogP contribution in [0, 0.1) is 19.8 Å². The van der Waals surface area contributed by atoms with E-state index in [9.17, 15) is 9.59 Å². The van der Waals surface area contributed by atoms with Crippen molar-refractivity contribution < 1.29 is 9.59 Å². The van der Waals surface area contributed by atoms with Gasteiger partial charge in [-0.15, -0.1) is 0 Å². The standard InChI is InChI=1S/C25H37N5O2/c1-4-14-26-24(31)13-12-20-17(2)27-23-16-21(28-30(23)18(20)3)22-11-7-8-15-29(22)25(32)19-9-5-6-10-19/h16,19,22H,4-15H2,1-3H3,(H,26,31)/t22-/m0/s1. The van der Waals surface area contributed by atoms with E-state index in [1.165, 1.54) is 12.8 Å². The van der Waals surface area contributed by atoms with Crippen LogP contribution < -0.4 is 5.32 Å². The van der Waals surface area contributed by atoms with E-state index in [0.29, 0.717) is 25.3 Å². The highest BCUT2D eigenvalue weighted by atomic mass is 16.2. The Labute approximate surface area is 191 Å². The minimum Gasteiger partial charge on any atom is -0.356 e. The Morgan fingerprint density at radius 3 is 2.62 bits per heavy atom. The molecule has 2 aromatic heterocycles. The number of carbonyl (C=O) groups excluding carboxylic acids is 2. The van der Waals surface area contributed by atoms with Gasteiger partial charge in [-0.2, -0.15) is 5.10 Å². The summed E-state index contributed by atoms with van der Waals surface area (Å²) in [6.45, 7) is 7.66. The van der Waals surface area contributed by atoms with Gasteiger partial charge in [-0.1, -0.05) is 19.8 Å². The molecule has 2 aliphatic rings. The van der Waals surface area contributed by atoms with Gasteiger partial charge in [0, 0.05) is 42.9 Å². The van der Waals surface area contributed by atoms with Gasteiger partial charge in [0.1, 0.15) is 0 Å². The Kier molecular flexibility index (Phi) is 7.11. The fraction of sp³-hybridized carbons (Fsp3) is 0.680. The number of likely N-dealkylation sites (tertiary alicyclic amines) is 1. The summed E-state index contributed by atoms with van der Waals surface area (Å²) in [6, 6.07) is 2.10. The molecule has 32 heavy (non-hydrogen) atoms. The summed E-state index contributed by atoms with van der Waals surface area (Å²) in [6.07, 6.45) is 9.61. The monoisotopic (exact) mass is 439 g/mol. The zero-order valence-electron chi connectivity index (χ0n) is 19.8. The van der Waals surface area contributed by atoms with Crippen LogP contribution in [0.15, 0.2) is 6.07 Å². The van der Waals surface area contributed by atoms with Gasteiger partial charge in [0.25, 0.3) is 0 Å². The Hall–Kier alpha value is -2.44. The fourth-order valence-corrected chi connectivity index (χ4v) is 5.37. The maximum atomic E-state index is 13.2. The largest absolute Gasteiger partial charge is 0.356 e. The van der Waals surface area contributed by atoms with E-state index in [1.54, 1.807) is 0 Å². The van der Waals surface area contributed by atoms with E-state index < -0.39 is 0 Å². The molecule has 1 atom stereocenters. The van der Waals surface area contributed by atoms with E-state index in [-0.39, 0.29) is 17.9 Å². The quantitative estimate of drug-likeness (QED) is 0.706. The summed E-state index contributed by atoms with van der Waals surface area (Å²) in [7, 11) is 0. The lowest BCUT2D eigenvalue weighted by Gasteiger charge is -2.36. The first kappa shape index (κ1) is 22.7. The first-order valence-electron chi connectivity index (χ1n) is 12.4. The Balaban J connectivity index is 1.57. The number of rotatable bonds is 7. The van der Waals surface area contributed by atoms with Crippen molar-refractivity contribution in [1.29, 1.82) is 0 Å². The second-order valence-electron chi connectivity index (χ2n) is 9.47. The van der Waals surface area contributed by atoms with E-state index in [4.69, 9.17) is 10.1 Å². The van der Waals surface area contributed by atoms with Crippen LogP contribution >= 0.6 is 0 Å². The number of aromatic nitrogens is 3. The third-order valence-corrected chi connectivity index (χ3v) is 7.19. The van der Waals surface area contributed by atoms with Crippen molar-refractivity contribution in [1.82, 2.24) is 24.8 Å². The molecule has 0 unspecified atom stereocenters. The van der Waals surface area contributed by atoms with Crippen molar-refractivity contribution in [2.24, 2.45) is 5.92 Å². The second kappa shape index (κ2) is 10.0. The summed E-state index contributed by atoms with van der Waals surface area (Å²) in [5.74, 6) is 0.597. The van der Waals surface area contributed by atoms with Crippen LogP contribution in [0.1, 0.15) is 93.4 Å². The molecule has 1 saturated heterocycles. The molecular weight excluding hydrogens is 402 g/mol. The zero-order chi connectivity index (χ0) is 22.7. The number of piperidine rings is 1. The highest BCUT2D eigenvalue weighted by molar-refractivity contribution is 5.79. The van der Waals surface area contributed by atoms with E-state index in [0.717, 1.165) is 73.4 Å². The summed E-state index contributed by atoms with van der Waals surface area (Å²) in [5.41, 5.74) is 4.84. The summed E-state index contributed by atoms with van der Waals surface area (Å²) < 4.78 is 1.91. The molecule has 2 fully saturated rings. The predicted molar refractivity (Wildman–Crippen MR) is 124 cm³/mol. The highest BCUT2D eigenvalue weighted by Gasteiger charge is 2.35. The Morgan fingerprint density at radius 1 is 1.12 bits per heavy atom. The fourth-order valence-electron chi connectivity index (χ4n) is 5.37. The molecule has 0 radical (unpaired) electrons. The van der Waals surface area contributed by atoms with E-state index in [2.05, 4.69) is 30.1 Å². The number of aryl methyl sites for hydroxylation is 2. The molecule has 7 heteroatoms. The molecule has 174 valence electrons. The Morgan fingerprint density at radius 2 is 1.88 bits per heavy atom. The molecular formula is C25H37N5O2. The van der Waals surface area contributed by atoms with Crippen LogP contribution in [-0.2, 0) is 16.0 Å². The molecule has 0 spiro atoms. The molecule has 3 heterocycles. The minimum absolute atomic E-state index is 0.0431. The zero-order valence-corrected chi connectivity index (χ0v) is 19.8. The number of amides is 2. The van der Waals surface area contributed by atoms with E-state index >= 15 is 0 Å². The van der Waals surface area contributed by atoms with Crippen LogP contribution in [0.2, 0.25) is 0 Å². The molecule has 1 saturated carbocycles. The number of hydrogen-bond acceptors (Lipinski definition) is 4. The normalized spacial score (nSPS) is 19.6. The van der Waals surface area contributed by atoms with Crippen LogP contribution in [0.3, 0.4) is 0 Å². The van der Waals surface area contributed by atoms with Crippen LogP contribution in [0.5, 0.6) is 0 Å². The summed E-state index contributed by atoms with van der Waals surface area (Å²) >= 11 is 0. The third-order valence-electron chi connectivity index (χ3n) is 7.19. The maximum absolute atomic E-state index is 13.2. The minimum atomic E-state index is 0.0431.